The standard InChI is InChI=1S/C13H15N3O3S2/c1-13(2)11(21-12(20)14(13)3)15(17)8-9-5-4-6-10(7-9)16(18)19/h4-8,11H,1-3H3/b15-8-/t11-/m0/s1. The molecule has 0 amide bonds. The van der Waals surface area contributed by atoms with Gasteiger partial charge in [0, 0.05) is 24.7 Å². The van der Waals surface area contributed by atoms with Crippen LogP contribution in [-0.4, -0.2) is 43.1 Å². The van der Waals surface area contributed by atoms with Crippen LogP contribution in [0.2, 0.25) is 0 Å². The highest BCUT2D eigenvalue weighted by Gasteiger charge is 2.48. The number of non-ortho nitro benzene ring substituents is 1. The van der Waals surface area contributed by atoms with E-state index in [0.717, 1.165) is 4.74 Å². The molecule has 112 valence electrons. The van der Waals surface area contributed by atoms with Crippen molar-refractivity contribution in [1.82, 2.24) is 4.90 Å². The quantitative estimate of drug-likeness (QED) is 0.212. The molecule has 0 bridgehead atoms. The van der Waals surface area contributed by atoms with Gasteiger partial charge in [-0.05, 0) is 31.7 Å². The van der Waals surface area contributed by atoms with Crippen LogP contribution in [0.4, 0.5) is 5.69 Å². The molecule has 0 radical (unpaired) electrons. The summed E-state index contributed by atoms with van der Waals surface area (Å²) in [5, 5.41) is 22.7. The number of rotatable bonds is 3. The summed E-state index contributed by atoms with van der Waals surface area (Å²) in [6.45, 7) is 3.88. The molecular weight excluding hydrogens is 310 g/mol. The highest BCUT2D eigenvalue weighted by molar-refractivity contribution is 8.23. The number of thiocarbonyl (C=S) groups is 1. The topological polar surface area (TPSA) is 72.5 Å². The van der Waals surface area contributed by atoms with Gasteiger partial charge in [0.1, 0.15) is 9.86 Å². The van der Waals surface area contributed by atoms with Gasteiger partial charge in [0.2, 0.25) is 5.37 Å². The molecule has 8 heteroatoms. The lowest BCUT2D eigenvalue weighted by atomic mass is 10.0. The third-order valence-corrected chi connectivity index (χ3v) is 5.59. The Morgan fingerprint density at radius 2 is 2.10 bits per heavy atom. The van der Waals surface area contributed by atoms with Crippen molar-refractivity contribution in [3.05, 3.63) is 45.2 Å². The predicted molar refractivity (Wildman–Crippen MR) is 87.7 cm³/mol. The molecule has 21 heavy (non-hydrogen) atoms. The number of nitro benzene ring substituents is 1. The molecule has 1 aliphatic heterocycles. The molecule has 0 spiro atoms. The third kappa shape index (κ3) is 3.01. The van der Waals surface area contributed by atoms with Crippen LogP contribution in [0.25, 0.3) is 0 Å². The van der Waals surface area contributed by atoms with Gasteiger partial charge in [-0.2, -0.15) is 4.74 Å². The van der Waals surface area contributed by atoms with Crippen LogP contribution in [0.5, 0.6) is 0 Å². The average Bonchev–Trinajstić information content (AvgIpc) is 2.62. The Morgan fingerprint density at radius 3 is 2.62 bits per heavy atom. The second kappa shape index (κ2) is 5.61. The lowest BCUT2D eigenvalue weighted by Gasteiger charge is -2.30. The molecule has 1 aliphatic rings. The van der Waals surface area contributed by atoms with Gasteiger partial charge >= 0.3 is 0 Å². The summed E-state index contributed by atoms with van der Waals surface area (Å²) in [5.74, 6) is 0. The first-order valence-electron chi connectivity index (χ1n) is 6.22. The van der Waals surface area contributed by atoms with Crippen LogP contribution in [0.15, 0.2) is 24.3 Å². The first-order chi connectivity index (χ1) is 9.73. The van der Waals surface area contributed by atoms with Gasteiger partial charge in [-0.15, -0.1) is 0 Å². The summed E-state index contributed by atoms with van der Waals surface area (Å²) in [5.41, 5.74) is 0.0416. The fourth-order valence-electron chi connectivity index (χ4n) is 2.02. The Hall–Kier alpha value is -1.67. The Labute approximate surface area is 132 Å². The number of nitrogens with zero attached hydrogens (tertiary/aromatic N) is 3. The number of hydrogen-bond donors (Lipinski definition) is 0. The molecule has 2 rings (SSSR count). The third-order valence-electron chi connectivity index (χ3n) is 3.54. The fourth-order valence-corrected chi connectivity index (χ4v) is 3.72. The molecule has 0 aromatic heterocycles. The largest absolute Gasteiger partial charge is 0.623 e. The van der Waals surface area contributed by atoms with E-state index in [9.17, 15) is 15.3 Å². The first-order valence-corrected chi connectivity index (χ1v) is 7.51. The maximum Gasteiger partial charge on any atom is 0.270 e. The normalized spacial score (nSPS) is 21.7. The van der Waals surface area contributed by atoms with Gasteiger partial charge in [-0.3, -0.25) is 10.1 Å². The van der Waals surface area contributed by atoms with Crippen molar-refractivity contribution >= 4 is 40.2 Å². The Bertz CT molecular complexity index is 631. The van der Waals surface area contributed by atoms with E-state index in [1.165, 1.54) is 30.1 Å². The highest BCUT2D eigenvalue weighted by Crippen LogP contribution is 2.38. The van der Waals surface area contributed by atoms with Crippen LogP contribution >= 0.6 is 24.0 Å². The fraction of sp³-hybridized carbons (Fsp3) is 0.385. The summed E-state index contributed by atoms with van der Waals surface area (Å²) in [6.07, 6.45) is 1.37. The molecule has 0 aliphatic carbocycles. The maximum absolute atomic E-state index is 12.4. The minimum absolute atomic E-state index is 0.0388. The molecule has 1 heterocycles. The summed E-state index contributed by atoms with van der Waals surface area (Å²) < 4.78 is 1.48. The number of nitro groups is 1. The summed E-state index contributed by atoms with van der Waals surface area (Å²) in [7, 11) is 1.86. The van der Waals surface area contributed by atoms with E-state index in [2.05, 4.69) is 0 Å². The molecule has 0 N–H and O–H groups in total. The van der Waals surface area contributed by atoms with Crippen LogP contribution in [-0.2, 0) is 0 Å². The second-order valence-electron chi connectivity index (χ2n) is 5.29. The van der Waals surface area contributed by atoms with Gasteiger partial charge in [0.15, 0.2) is 6.21 Å². The van der Waals surface area contributed by atoms with E-state index < -0.39 is 15.8 Å². The zero-order chi connectivity index (χ0) is 15.8. The first kappa shape index (κ1) is 15.7. The lowest BCUT2D eigenvalue weighted by Crippen LogP contribution is -2.47. The maximum atomic E-state index is 12.4. The SMILES string of the molecule is CN1C(=S)S[C@H](/[N+]([O-])=C/c2cccc([N+](=O)[O-])c2)C1(C)C. The highest BCUT2D eigenvalue weighted by atomic mass is 32.2. The summed E-state index contributed by atoms with van der Waals surface area (Å²) in [6, 6.07) is 5.98. The Balaban J connectivity index is 2.32. The average molecular weight is 325 g/mol. The number of likely N-dealkylation sites (N-methyl/N-ethyl adjacent to an activating group) is 1. The molecule has 1 atom stereocenters. The molecule has 1 aromatic carbocycles. The van der Waals surface area contributed by atoms with Crippen LogP contribution in [0, 0.1) is 15.3 Å². The van der Waals surface area contributed by atoms with Crippen molar-refractivity contribution in [3.63, 3.8) is 0 Å². The second-order valence-corrected chi connectivity index (χ2v) is 7.00. The Morgan fingerprint density at radius 1 is 1.43 bits per heavy atom. The van der Waals surface area contributed by atoms with E-state index in [0.29, 0.717) is 9.88 Å². The number of benzene rings is 1. The molecule has 1 fully saturated rings. The zero-order valence-electron chi connectivity index (χ0n) is 11.8. The van der Waals surface area contributed by atoms with Gasteiger partial charge in [0.25, 0.3) is 5.69 Å². The molecule has 1 saturated heterocycles. The predicted octanol–water partition coefficient (Wildman–Crippen LogP) is 2.59. The van der Waals surface area contributed by atoms with Crippen LogP contribution < -0.4 is 0 Å². The molecule has 1 aromatic rings. The van der Waals surface area contributed by atoms with E-state index >= 15 is 0 Å². The lowest BCUT2D eigenvalue weighted by molar-refractivity contribution is -0.480. The van der Waals surface area contributed by atoms with Crippen LogP contribution in [0.1, 0.15) is 19.4 Å². The number of hydroxylamine groups is 1. The van der Waals surface area contributed by atoms with Gasteiger partial charge in [0.05, 0.1) is 4.92 Å². The smallest absolute Gasteiger partial charge is 0.270 e. The number of thioether (sulfide) groups is 1. The van der Waals surface area contributed by atoms with Crippen molar-refractivity contribution < 1.29 is 9.66 Å². The van der Waals surface area contributed by atoms with Crippen molar-refractivity contribution in [2.45, 2.75) is 24.8 Å². The van der Waals surface area contributed by atoms with Crippen LogP contribution in [0.3, 0.4) is 0 Å². The molecule has 0 saturated carbocycles. The summed E-state index contributed by atoms with van der Waals surface area (Å²) in [4.78, 5) is 12.2. The van der Waals surface area contributed by atoms with Gasteiger partial charge in [-0.1, -0.05) is 18.3 Å². The number of hydrogen-bond acceptors (Lipinski definition) is 5. The molecule has 0 unspecified atom stereocenters. The molecular formula is C13H15N3O3S2. The van der Waals surface area contributed by atoms with Crippen molar-refractivity contribution in [1.29, 1.82) is 0 Å². The monoisotopic (exact) mass is 325 g/mol. The van der Waals surface area contributed by atoms with Crippen molar-refractivity contribution in [2.24, 2.45) is 0 Å². The van der Waals surface area contributed by atoms with E-state index in [4.69, 9.17) is 12.2 Å². The van der Waals surface area contributed by atoms with E-state index in [1.807, 2.05) is 25.8 Å². The van der Waals surface area contributed by atoms with E-state index in [-0.39, 0.29) is 5.69 Å². The van der Waals surface area contributed by atoms with E-state index in [1.54, 1.807) is 12.1 Å². The zero-order valence-corrected chi connectivity index (χ0v) is 13.5. The molecule has 6 nitrogen and oxygen atoms in total. The Kier molecular flexibility index (Phi) is 4.20. The van der Waals surface area contributed by atoms with Crippen molar-refractivity contribution in [3.8, 4) is 0 Å². The summed E-state index contributed by atoms with van der Waals surface area (Å²) >= 11 is 6.55. The van der Waals surface area contributed by atoms with Gasteiger partial charge in [-0.25, -0.2) is 0 Å². The minimum atomic E-state index is -0.482. The van der Waals surface area contributed by atoms with Gasteiger partial charge < -0.3 is 10.1 Å². The van der Waals surface area contributed by atoms with Crippen molar-refractivity contribution in [2.75, 3.05) is 7.05 Å². The minimum Gasteiger partial charge on any atom is -0.623 e.